The van der Waals surface area contributed by atoms with Crippen LogP contribution in [0.3, 0.4) is 0 Å². The van der Waals surface area contributed by atoms with E-state index in [1.54, 1.807) is 0 Å². The first-order valence-corrected chi connectivity index (χ1v) is 17.5. The molecule has 0 aromatic carbocycles. The average molecular weight is 580 g/mol. The Morgan fingerprint density at radius 3 is 1.62 bits per heavy atom. The lowest BCUT2D eigenvalue weighted by molar-refractivity contribution is -0.154. The zero-order valence-corrected chi connectivity index (χ0v) is 26.3. The van der Waals surface area contributed by atoms with Gasteiger partial charge in [-0.2, -0.15) is 0 Å². The number of carbonyl (C=O) groups is 1. The van der Waals surface area contributed by atoms with Gasteiger partial charge in [-0.15, -0.1) is 0 Å². The van der Waals surface area contributed by atoms with Gasteiger partial charge in [-0.05, 0) is 12.8 Å². The Bertz CT molecular complexity index is 580. The molecule has 0 radical (unpaired) electrons. The lowest BCUT2D eigenvalue weighted by atomic mass is 10.0. The minimum atomic E-state index is -4.24. The van der Waals surface area contributed by atoms with Gasteiger partial charge in [0.05, 0.1) is 19.8 Å². The van der Waals surface area contributed by atoms with Gasteiger partial charge < -0.3 is 20.1 Å². The third-order valence-electron chi connectivity index (χ3n) is 6.77. The fraction of sp³-hybridized carbons (Fsp3) is 0.967. The number of ether oxygens (including phenoxy) is 2. The van der Waals surface area contributed by atoms with Crippen molar-refractivity contribution in [3.8, 4) is 0 Å². The lowest BCUT2D eigenvalue weighted by Gasteiger charge is -2.20. The Labute approximate surface area is 240 Å². The molecule has 9 heteroatoms. The number of hydrogen-bond acceptors (Lipinski definition) is 7. The van der Waals surface area contributed by atoms with Crippen molar-refractivity contribution in [2.45, 2.75) is 155 Å². The fourth-order valence-corrected chi connectivity index (χ4v) is 5.17. The summed E-state index contributed by atoms with van der Waals surface area (Å²) in [6.07, 6.45) is 24.3. The van der Waals surface area contributed by atoms with Crippen molar-refractivity contribution >= 4 is 13.8 Å². The van der Waals surface area contributed by atoms with Crippen LogP contribution in [0.4, 0.5) is 0 Å². The number of phosphoric acid groups is 1. The van der Waals surface area contributed by atoms with Gasteiger partial charge in [0.25, 0.3) is 0 Å². The molecular formula is C30H62NO7P. The maximum atomic E-state index is 12.3. The highest BCUT2D eigenvalue weighted by Gasteiger charge is 2.25. The second-order valence-corrected chi connectivity index (χ2v) is 12.1. The summed E-state index contributed by atoms with van der Waals surface area (Å²) in [5.41, 5.74) is 5.31. The minimum absolute atomic E-state index is 0.0916. The summed E-state index contributed by atoms with van der Waals surface area (Å²) < 4.78 is 32.9. The number of rotatable bonds is 31. The standard InChI is InChI=1S/C30H62NO7P/c1-3-5-7-9-10-11-12-13-14-15-16-17-18-20-22-25-35-27-29(28-37-39(33,34)36-26-24-31)38-30(32)23-21-19-8-6-4-2/h29H,3-28,31H2,1-2H3,(H,33,34). The van der Waals surface area contributed by atoms with E-state index in [0.29, 0.717) is 13.0 Å². The van der Waals surface area contributed by atoms with Crippen LogP contribution in [0.15, 0.2) is 0 Å². The van der Waals surface area contributed by atoms with E-state index >= 15 is 0 Å². The van der Waals surface area contributed by atoms with Crippen LogP contribution < -0.4 is 5.73 Å². The molecule has 2 unspecified atom stereocenters. The maximum Gasteiger partial charge on any atom is 0.472 e. The molecule has 8 nitrogen and oxygen atoms in total. The molecule has 39 heavy (non-hydrogen) atoms. The van der Waals surface area contributed by atoms with Gasteiger partial charge in [0.1, 0.15) is 6.10 Å². The summed E-state index contributed by atoms with van der Waals surface area (Å²) in [7, 11) is -4.24. The van der Waals surface area contributed by atoms with Gasteiger partial charge in [-0.1, -0.05) is 129 Å². The Balaban J connectivity index is 3.97. The monoisotopic (exact) mass is 579 g/mol. The van der Waals surface area contributed by atoms with Gasteiger partial charge in [0.2, 0.25) is 0 Å². The molecule has 0 rings (SSSR count). The van der Waals surface area contributed by atoms with Gasteiger partial charge >= 0.3 is 13.8 Å². The highest BCUT2D eigenvalue weighted by atomic mass is 31.2. The Kier molecular flexibility index (Phi) is 28.6. The largest absolute Gasteiger partial charge is 0.472 e. The maximum absolute atomic E-state index is 12.3. The quantitative estimate of drug-likeness (QED) is 0.0479. The molecule has 0 aromatic heterocycles. The molecule has 0 amide bonds. The van der Waals surface area contributed by atoms with Crippen molar-refractivity contribution < 1.29 is 32.8 Å². The summed E-state index contributed by atoms with van der Waals surface area (Å²) in [4.78, 5) is 22.0. The predicted octanol–water partition coefficient (Wildman–Crippen LogP) is 8.24. The van der Waals surface area contributed by atoms with E-state index in [4.69, 9.17) is 24.3 Å². The van der Waals surface area contributed by atoms with Crippen LogP contribution in [-0.2, 0) is 27.9 Å². The van der Waals surface area contributed by atoms with Crippen LogP contribution in [0.25, 0.3) is 0 Å². The molecule has 234 valence electrons. The Morgan fingerprint density at radius 1 is 0.667 bits per heavy atom. The van der Waals surface area contributed by atoms with Gasteiger partial charge in [0, 0.05) is 19.6 Å². The van der Waals surface area contributed by atoms with Crippen LogP contribution >= 0.6 is 7.82 Å². The predicted molar refractivity (Wildman–Crippen MR) is 160 cm³/mol. The van der Waals surface area contributed by atoms with Crippen LogP contribution in [0.1, 0.15) is 149 Å². The van der Waals surface area contributed by atoms with Crippen molar-refractivity contribution in [1.29, 1.82) is 0 Å². The van der Waals surface area contributed by atoms with Gasteiger partial charge in [0.15, 0.2) is 0 Å². The van der Waals surface area contributed by atoms with Gasteiger partial charge in [-0.3, -0.25) is 13.8 Å². The van der Waals surface area contributed by atoms with E-state index in [0.717, 1.165) is 44.9 Å². The van der Waals surface area contributed by atoms with E-state index in [1.807, 2.05) is 0 Å². The first-order valence-electron chi connectivity index (χ1n) is 16.0. The summed E-state index contributed by atoms with van der Waals surface area (Å²) >= 11 is 0. The third kappa shape index (κ3) is 28.8. The van der Waals surface area contributed by atoms with E-state index in [1.165, 1.54) is 83.5 Å². The molecule has 0 bridgehead atoms. The lowest BCUT2D eigenvalue weighted by Crippen LogP contribution is -2.28. The van der Waals surface area contributed by atoms with Crippen molar-refractivity contribution in [2.24, 2.45) is 5.73 Å². The molecule has 3 N–H and O–H groups in total. The molecule has 0 aromatic rings. The molecule has 0 aliphatic heterocycles. The molecule has 0 heterocycles. The van der Waals surface area contributed by atoms with Crippen molar-refractivity contribution in [2.75, 3.05) is 33.0 Å². The first kappa shape index (κ1) is 38.5. The second-order valence-electron chi connectivity index (χ2n) is 10.7. The molecule has 2 atom stereocenters. The molecule has 0 aliphatic rings. The second kappa shape index (κ2) is 29.0. The van der Waals surface area contributed by atoms with E-state index in [-0.39, 0.29) is 32.3 Å². The van der Waals surface area contributed by atoms with Crippen LogP contribution in [0.2, 0.25) is 0 Å². The highest BCUT2D eigenvalue weighted by molar-refractivity contribution is 7.47. The van der Waals surface area contributed by atoms with Crippen LogP contribution in [0, 0.1) is 0 Å². The van der Waals surface area contributed by atoms with E-state index in [2.05, 4.69) is 13.8 Å². The Hall–Kier alpha value is -0.500. The van der Waals surface area contributed by atoms with Crippen LogP contribution in [-0.4, -0.2) is 49.9 Å². The fourth-order valence-electron chi connectivity index (χ4n) is 4.41. The van der Waals surface area contributed by atoms with Crippen molar-refractivity contribution in [3.05, 3.63) is 0 Å². The highest BCUT2D eigenvalue weighted by Crippen LogP contribution is 2.43. The summed E-state index contributed by atoms with van der Waals surface area (Å²) in [5, 5.41) is 0. The molecule has 0 fully saturated rings. The normalized spacial score (nSPS) is 13.8. The number of phosphoric ester groups is 1. The average Bonchev–Trinajstić information content (AvgIpc) is 2.92. The summed E-state index contributed by atoms with van der Waals surface area (Å²) in [5.74, 6) is -0.341. The van der Waals surface area contributed by atoms with Gasteiger partial charge in [-0.25, -0.2) is 4.57 Å². The number of unbranched alkanes of at least 4 members (excludes halogenated alkanes) is 18. The zero-order chi connectivity index (χ0) is 28.9. The third-order valence-corrected chi connectivity index (χ3v) is 7.76. The molecule has 0 aliphatic carbocycles. The van der Waals surface area contributed by atoms with Crippen LogP contribution in [0.5, 0.6) is 0 Å². The SMILES string of the molecule is CCCCCCCCCCCCCCCCCOCC(COP(=O)(O)OCCN)OC(=O)CCCCCCC. The number of hydrogen-bond donors (Lipinski definition) is 2. The zero-order valence-electron chi connectivity index (χ0n) is 25.4. The summed E-state index contributed by atoms with van der Waals surface area (Å²) in [6, 6.07) is 0. The topological polar surface area (TPSA) is 117 Å². The first-order chi connectivity index (χ1) is 18.9. The Morgan fingerprint density at radius 2 is 1.13 bits per heavy atom. The minimum Gasteiger partial charge on any atom is -0.457 e. The molecular weight excluding hydrogens is 517 g/mol. The van der Waals surface area contributed by atoms with E-state index < -0.39 is 13.9 Å². The smallest absolute Gasteiger partial charge is 0.457 e. The van der Waals surface area contributed by atoms with Crippen molar-refractivity contribution in [1.82, 2.24) is 0 Å². The number of carbonyl (C=O) groups excluding carboxylic acids is 1. The molecule has 0 saturated carbocycles. The number of esters is 1. The van der Waals surface area contributed by atoms with Crippen molar-refractivity contribution in [3.63, 3.8) is 0 Å². The van der Waals surface area contributed by atoms with E-state index in [9.17, 15) is 14.3 Å². The number of nitrogens with two attached hydrogens (primary N) is 1. The molecule has 0 saturated heterocycles. The molecule has 0 spiro atoms. The summed E-state index contributed by atoms with van der Waals surface area (Å²) in [6.45, 7) is 4.84.